The Balaban J connectivity index is 1.60. The first-order chi connectivity index (χ1) is 20.1. The average Bonchev–Trinajstić information content (AvgIpc) is 3.58. The molecule has 4 N–H and O–H groups in total. The molecule has 1 amide bonds. The third kappa shape index (κ3) is 7.21. The van der Waals surface area contributed by atoms with Crippen LogP contribution in [0.5, 0.6) is 0 Å². The van der Waals surface area contributed by atoms with Crippen LogP contribution in [0.2, 0.25) is 0 Å². The number of carboxylic acids is 1. The van der Waals surface area contributed by atoms with Crippen molar-refractivity contribution in [3.8, 4) is 0 Å². The fraction of sp³-hybridized carbons (Fsp3) is 0.419. The van der Waals surface area contributed by atoms with Gasteiger partial charge in [0.2, 0.25) is 5.91 Å². The molecule has 2 heterocycles. The number of esters is 1. The van der Waals surface area contributed by atoms with Gasteiger partial charge in [-0.05, 0) is 54.2 Å². The minimum absolute atomic E-state index is 0.108. The van der Waals surface area contributed by atoms with E-state index in [0.717, 1.165) is 11.1 Å². The van der Waals surface area contributed by atoms with Crippen molar-refractivity contribution in [1.29, 1.82) is 0 Å². The second-order valence-electron chi connectivity index (χ2n) is 10.7. The van der Waals surface area contributed by atoms with Crippen molar-refractivity contribution in [3.63, 3.8) is 0 Å². The number of aliphatic carboxylic acids is 1. The van der Waals surface area contributed by atoms with Crippen LogP contribution < -0.4 is 5.73 Å². The van der Waals surface area contributed by atoms with Crippen LogP contribution in [0.15, 0.2) is 48.7 Å². The van der Waals surface area contributed by atoms with Gasteiger partial charge in [0, 0.05) is 48.4 Å². The van der Waals surface area contributed by atoms with Gasteiger partial charge in [0.15, 0.2) is 6.04 Å². The molecule has 11 heteroatoms. The summed E-state index contributed by atoms with van der Waals surface area (Å²) in [5.74, 6) is -4.24. The smallest absolute Gasteiger partial charge is 0.331 e. The maximum absolute atomic E-state index is 14.1. The third-order valence-corrected chi connectivity index (χ3v) is 7.80. The van der Waals surface area contributed by atoms with E-state index >= 15 is 0 Å². The van der Waals surface area contributed by atoms with Gasteiger partial charge in [-0.3, -0.25) is 9.59 Å². The number of carbonyl (C=O) groups excluding carboxylic acids is 3. The summed E-state index contributed by atoms with van der Waals surface area (Å²) in [6.45, 7) is 1.68. The van der Waals surface area contributed by atoms with Crippen LogP contribution in [0.3, 0.4) is 0 Å². The number of aromatic amines is 1. The minimum atomic E-state index is -1.20. The van der Waals surface area contributed by atoms with Crippen LogP contribution in [0.1, 0.15) is 36.5 Å². The van der Waals surface area contributed by atoms with Gasteiger partial charge in [-0.1, -0.05) is 31.2 Å². The summed E-state index contributed by atoms with van der Waals surface area (Å²) in [5, 5.41) is 9.66. The number of hydrogen-bond acceptors (Lipinski definition) is 7. The van der Waals surface area contributed by atoms with E-state index in [-0.39, 0.29) is 31.6 Å². The fourth-order valence-electron chi connectivity index (χ4n) is 5.63. The number of likely N-dealkylation sites (tertiary alicyclic amines) is 1. The first kappa shape index (κ1) is 30.9. The summed E-state index contributed by atoms with van der Waals surface area (Å²) in [6, 6.07) is 10.8. The van der Waals surface area contributed by atoms with Crippen LogP contribution in [0.25, 0.3) is 10.9 Å². The quantitative estimate of drug-likeness (QED) is 0.261. The van der Waals surface area contributed by atoms with Gasteiger partial charge in [0.25, 0.3) is 0 Å². The van der Waals surface area contributed by atoms with Crippen LogP contribution in [-0.2, 0) is 48.0 Å². The van der Waals surface area contributed by atoms with Crippen molar-refractivity contribution < 1.29 is 38.1 Å². The first-order valence-electron chi connectivity index (χ1n) is 13.9. The lowest BCUT2D eigenvalue weighted by molar-refractivity contribution is -0.159. The van der Waals surface area contributed by atoms with Crippen molar-refractivity contribution in [2.24, 2.45) is 17.6 Å². The number of carboxylic acid groups (broad SMARTS) is 1. The molecule has 1 aliphatic heterocycles. The van der Waals surface area contributed by atoms with Gasteiger partial charge in [-0.15, -0.1) is 0 Å². The predicted molar refractivity (Wildman–Crippen MR) is 152 cm³/mol. The number of nitrogens with one attached hydrogen (secondary N) is 1. The van der Waals surface area contributed by atoms with Gasteiger partial charge < -0.3 is 30.2 Å². The number of ether oxygens (including phenoxy) is 2. The molecule has 42 heavy (non-hydrogen) atoms. The average molecular weight is 582 g/mol. The molecule has 1 saturated heterocycles. The zero-order valence-electron chi connectivity index (χ0n) is 23.7. The number of aromatic nitrogens is 1. The minimum Gasteiger partial charge on any atom is -0.480 e. The highest BCUT2D eigenvalue weighted by Gasteiger charge is 2.45. The summed E-state index contributed by atoms with van der Waals surface area (Å²) in [5.41, 5.74) is 9.02. The summed E-state index contributed by atoms with van der Waals surface area (Å²) in [6.07, 6.45) is 1.52. The summed E-state index contributed by atoms with van der Waals surface area (Å²) in [7, 11) is 1.18. The largest absolute Gasteiger partial charge is 0.480 e. The molecule has 1 aromatic heterocycles. The second-order valence-corrected chi connectivity index (χ2v) is 10.7. The highest BCUT2D eigenvalue weighted by atomic mass is 19.1. The van der Waals surface area contributed by atoms with E-state index in [1.807, 2.05) is 31.2 Å². The number of fused-ring (bicyclic) bond motifs is 1. The molecule has 0 spiro atoms. The summed E-state index contributed by atoms with van der Waals surface area (Å²) in [4.78, 5) is 55.9. The maximum atomic E-state index is 14.1. The fourth-order valence-corrected chi connectivity index (χ4v) is 5.63. The Morgan fingerprint density at radius 1 is 1.14 bits per heavy atom. The Hall–Kier alpha value is -4.09. The van der Waals surface area contributed by atoms with Crippen LogP contribution >= 0.6 is 0 Å². The Morgan fingerprint density at radius 3 is 2.62 bits per heavy atom. The van der Waals surface area contributed by atoms with Gasteiger partial charge in [-0.25, -0.2) is 14.0 Å². The third-order valence-electron chi connectivity index (χ3n) is 7.80. The number of methoxy groups -OCH3 is 1. The summed E-state index contributed by atoms with van der Waals surface area (Å²) < 4.78 is 24.5. The van der Waals surface area contributed by atoms with Crippen molar-refractivity contribution in [3.05, 3.63) is 71.2 Å². The maximum Gasteiger partial charge on any atom is 0.331 e. The Bertz CT molecular complexity index is 1460. The van der Waals surface area contributed by atoms with E-state index in [1.54, 1.807) is 12.3 Å². The molecule has 3 aromatic rings. The van der Waals surface area contributed by atoms with Crippen molar-refractivity contribution in [1.82, 2.24) is 9.88 Å². The molecule has 10 nitrogen and oxygen atoms in total. The van der Waals surface area contributed by atoms with E-state index in [0.29, 0.717) is 29.4 Å². The van der Waals surface area contributed by atoms with E-state index in [1.165, 1.54) is 24.1 Å². The number of hydrogen-bond donors (Lipinski definition) is 3. The lowest BCUT2D eigenvalue weighted by atomic mass is 9.86. The van der Waals surface area contributed by atoms with E-state index in [9.17, 15) is 23.6 Å². The number of ketones is 1. The molecule has 1 fully saturated rings. The Morgan fingerprint density at radius 2 is 1.90 bits per heavy atom. The molecule has 0 radical (unpaired) electrons. The first-order valence-corrected chi connectivity index (χ1v) is 13.9. The normalized spacial score (nSPS) is 18.1. The standard InChI is InChI=1S/C31H36FN3O7/c1-18(10-19-4-3-5-20(11-19)15-33)26(36)13-21(12-22-16-34-25-7-6-23(32)14-24(22)25)30(39)35-9-8-27(42-17-28(37)38)29(35)31(40)41-2/h3-7,11,14,16,18,21,27,29,34H,8-10,12-13,15,17,33H2,1-2H3,(H,37,38)/t18-,21+,27?,29+/m0/s1. The molecule has 4 atom stereocenters. The van der Waals surface area contributed by atoms with Crippen molar-refractivity contribution in [2.75, 3.05) is 20.3 Å². The van der Waals surface area contributed by atoms with Crippen LogP contribution in [-0.4, -0.2) is 71.0 Å². The lowest BCUT2D eigenvalue weighted by Gasteiger charge is -2.29. The van der Waals surface area contributed by atoms with E-state index in [4.69, 9.17) is 20.3 Å². The van der Waals surface area contributed by atoms with Crippen LogP contribution in [0, 0.1) is 17.7 Å². The molecule has 1 unspecified atom stereocenters. The molecule has 4 rings (SSSR count). The molecular formula is C31H36FN3O7. The second kappa shape index (κ2) is 13.7. The topological polar surface area (TPSA) is 152 Å². The Labute approximate surface area is 243 Å². The van der Waals surface area contributed by atoms with Crippen molar-refractivity contribution in [2.45, 2.75) is 51.3 Å². The zero-order chi connectivity index (χ0) is 30.4. The van der Waals surface area contributed by atoms with Gasteiger partial charge in [-0.2, -0.15) is 0 Å². The Kier molecular flexibility index (Phi) is 10.1. The number of nitrogens with two attached hydrogens (primary N) is 1. The number of carbonyl (C=O) groups is 4. The number of Topliss-reactive ketones (excluding diaryl/α,β-unsaturated/α-hetero) is 1. The van der Waals surface area contributed by atoms with Gasteiger partial charge in [0.05, 0.1) is 13.2 Å². The number of amides is 1. The molecular weight excluding hydrogens is 545 g/mol. The summed E-state index contributed by atoms with van der Waals surface area (Å²) >= 11 is 0. The van der Waals surface area contributed by atoms with E-state index < -0.39 is 54.3 Å². The monoisotopic (exact) mass is 581 g/mol. The molecule has 224 valence electrons. The highest BCUT2D eigenvalue weighted by molar-refractivity contribution is 5.92. The zero-order valence-corrected chi connectivity index (χ0v) is 23.7. The predicted octanol–water partition coefficient (Wildman–Crippen LogP) is 3.01. The number of halogens is 1. The molecule has 2 aromatic carbocycles. The molecule has 0 aliphatic carbocycles. The van der Waals surface area contributed by atoms with Crippen LogP contribution in [0.4, 0.5) is 4.39 Å². The molecule has 0 bridgehead atoms. The number of nitrogens with zero attached hydrogens (tertiary/aromatic N) is 1. The van der Waals surface area contributed by atoms with Gasteiger partial charge >= 0.3 is 11.9 Å². The van der Waals surface area contributed by atoms with E-state index in [2.05, 4.69) is 4.98 Å². The number of rotatable bonds is 13. The molecule has 1 aliphatic rings. The van der Waals surface area contributed by atoms with Crippen molar-refractivity contribution >= 4 is 34.5 Å². The highest BCUT2D eigenvalue weighted by Crippen LogP contribution is 2.30. The lowest BCUT2D eigenvalue weighted by Crippen LogP contribution is -2.49. The number of H-pyrrole nitrogens is 1. The van der Waals surface area contributed by atoms with Gasteiger partial charge in [0.1, 0.15) is 18.2 Å². The number of benzene rings is 2. The SMILES string of the molecule is COC(=O)[C@H]1C(OCC(=O)O)CCN1C(=O)[C@@H](CC(=O)[C@@H](C)Cc1cccc(CN)c1)Cc1c[nH]c2ccc(F)cc12. The molecule has 0 saturated carbocycles.